The van der Waals surface area contributed by atoms with Gasteiger partial charge in [0, 0.05) is 17.6 Å². The van der Waals surface area contributed by atoms with E-state index < -0.39 is 0 Å². The lowest BCUT2D eigenvalue weighted by atomic mass is 10.0. The van der Waals surface area contributed by atoms with Gasteiger partial charge in [-0.05, 0) is 38.0 Å². The summed E-state index contributed by atoms with van der Waals surface area (Å²) in [5, 5.41) is 6.87. The lowest BCUT2D eigenvalue weighted by molar-refractivity contribution is -0.122. The van der Waals surface area contributed by atoms with Gasteiger partial charge in [-0.2, -0.15) is 0 Å². The second kappa shape index (κ2) is 7.39. The number of likely N-dealkylation sites (N-methyl/N-ethyl adjacent to an activating group) is 1. The van der Waals surface area contributed by atoms with E-state index in [4.69, 9.17) is 11.6 Å². The van der Waals surface area contributed by atoms with Crippen LogP contribution in [-0.2, 0) is 4.79 Å². The van der Waals surface area contributed by atoms with E-state index in [2.05, 4.69) is 17.6 Å². The maximum atomic E-state index is 11.7. The molecule has 0 aliphatic rings. The molecule has 4 heteroatoms. The van der Waals surface area contributed by atoms with Crippen molar-refractivity contribution < 1.29 is 4.79 Å². The van der Waals surface area contributed by atoms with E-state index in [0.29, 0.717) is 6.54 Å². The van der Waals surface area contributed by atoms with Gasteiger partial charge in [-0.25, -0.2) is 0 Å². The Morgan fingerprint density at radius 2 is 1.89 bits per heavy atom. The fourth-order valence-electron chi connectivity index (χ4n) is 1.85. The Kier molecular flexibility index (Phi) is 6.16. The first kappa shape index (κ1) is 15.0. The molecule has 0 bridgehead atoms. The number of halogens is 1. The first-order chi connectivity index (χ1) is 8.58. The highest BCUT2D eigenvalue weighted by atomic mass is 35.5. The van der Waals surface area contributed by atoms with Gasteiger partial charge >= 0.3 is 0 Å². The molecule has 0 spiro atoms. The summed E-state index contributed by atoms with van der Waals surface area (Å²) >= 11 is 5.87. The van der Waals surface area contributed by atoms with Gasteiger partial charge in [-0.1, -0.05) is 30.7 Å². The summed E-state index contributed by atoms with van der Waals surface area (Å²) in [6, 6.07) is 7.70. The molecule has 100 valence electrons. The third-order valence-corrected chi connectivity index (χ3v) is 3.13. The fourth-order valence-corrected chi connectivity index (χ4v) is 1.98. The van der Waals surface area contributed by atoms with Crippen molar-refractivity contribution in [2.75, 3.05) is 6.54 Å². The average Bonchev–Trinajstić information content (AvgIpc) is 2.37. The Morgan fingerprint density at radius 3 is 2.39 bits per heavy atom. The van der Waals surface area contributed by atoms with E-state index in [0.717, 1.165) is 17.0 Å². The van der Waals surface area contributed by atoms with Crippen LogP contribution in [0.2, 0.25) is 5.02 Å². The zero-order valence-corrected chi connectivity index (χ0v) is 11.9. The Morgan fingerprint density at radius 1 is 1.28 bits per heavy atom. The molecule has 1 aromatic carbocycles. The number of carbonyl (C=O) groups is 1. The molecule has 0 aromatic heterocycles. The van der Waals surface area contributed by atoms with E-state index >= 15 is 0 Å². The molecule has 0 saturated heterocycles. The standard InChI is InChI=1S/C14H21ClN2O/c1-4-13(11-6-8-12(15)9-7-11)17-10(3)14(18)16-5-2/h6-10,13,17H,4-5H2,1-3H3,(H,16,18). The number of hydrogen-bond donors (Lipinski definition) is 2. The van der Waals surface area contributed by atoms with Crippen LogP contribution in [0.15, 0.2) is 24.3 Å². The van der Waals surface area contributed by atoms with Gasteiger partial charge in [-0.3, -0.25) is 10.1 Å². The van der Waals surface area contributed by atoms with Crippen molar-refractivity contribution >= 4 is 17.5 Å². The highest BCUT2D eigenvalue weighted by Crippen LogP contribution is 2.19. The second-order valence-corrected chi connectivity index (χ2v) is 4.73. The van der Waals surface area contributed by atoms with Gasteiger partial charge in [0.15, 0.2) is 0 Å². The van der Waals surface area contributed by atoms with Gasteiger partial charge in [0.05, 0.1) is 6.04 Å². The molecule has 2 N–H and O–H groups in total. The van der Waals surface area contributed by atoms with Crippen molar-refractivity contribution in [3.63, 3.8) is 0 Å². The number of benzene rings is 1. The minimum atomic E-state index is -0.203. The monoisotopic (exact) mass is 268 g/mol. The van der Waals surface area contributed by atoms with E-state index in [9.17, 15) is 4.79 Å². The van der Waals surface area contributed by atoms with Crippen LogP contribution in [0.4, 0.5) is 0 Å². The Labute approximate surface area is 114 Å². The molecular weight excluding hydrogens is 248 g/mol. The predicted molar refractivity (Wildman–Crippen MR) is 75.8 cm³/mol. The average molecular weight is 269 g/mol. The summed E-state index contributed by atoms with van der Waals surface area (Å²) in [5.41, 5.74) is 1.15. The molecule has 0 saturated carbocycles. The Hall–Kier alpha value is -1.06. The van der Waals surface area contributed by atoms with Gasteiger partial charge in [0.2, 0.25) is 5.91 Å². The molecular formula is C14H21ClN2O. The summed E-state index contributed by atoms with van der Waals surface area (Å²) in [4.78, 5) is 11.7. The predicted octanol–water partition coefficient (Wildman–Crippen LogP) is 2.91. The van der Waals surface area contributed by atoms with Crippen LogP contribution in [0.5, 0.6) is 0 Å². The van der Waals surface area contributed by atoms with Crippen LogP contribution in [0.25, 0.3) is 0 Å². The van der Waals surface area contributed by atoms with Crippen molar-refractivity contribution in [3.05, 3.63) is 34.9 Å². The second-order valence-electron chi connectivity index (χ2n) is 4.30. The molecule has 18 heavy (non-hydrogen) atoms. The first-order valence-corrected chi connectivity index (χ1v) is 6.75. The SMILES string of the molecule is CCNC(=O)C(C)NC(CC)c1ccc(Cl)cc1. The highest BCUT2D eigenvalue weighted by molar-refractivity contribution is 6.30. The minimum Gasteiger partial charge on any atom is -0.355 e. The summed E-state index contributed by atoms with van der Waals surface area (Å²) in [6.45, 7) is 6.55. The van der Waals surface area contributed by atoms with Crippen LogP contribution in [0.3, 0.4) is 0 Å². The van der Waals surface area contributed by atoms with Gasteiger partial charge in [0.25, 0.3) is 0 Å². The van der Waals surface area contributed by atoms with Crippen molar-refractivity contribution in [2.45, 2.75) is 39.3 Å². The lowest BCUT2D eigenvalue weighted by Crippen LogP contribution is -2.43. The quantitative estimate of drug-likeness (QED) is 0.833. The molecule has 0 radical (unpaired) electrons. The summed E-state index contributed by atoms with van der Waals surface area (Å²) < 4.78 is 0. The molecule has 1 aromatic rings. The zero-order valence-electron chi connectivity index (χ0n) is 11.2. The molecule has 0 heterocycles. The van der Waals surface area contributed by atoms with Gasteiger partial charge in [-0.15, -0.1) is 0 Å². The van der Waals surface area contributed by atoms with E-state index in [1.54, 1.807) is 0 Å². The van der Waals surface area contributed by atoms with Crippen LogP contribution in [-0.4, -0.2) is 18.5 Å². The van der Waals surface area contributed by atoms with Gasteiger partial charge < -0.3 is 5.32 Å². The zero-order chi connectivity index (χ0) is 13.5. The Balaban J connectivity index is 2.67. The summed E-state index contributed by atoms with van der Waals surface area (Å²) in [7, 11) is 0. The van der Waals surface area contributed by atoms with Gasteiger partial charge in [0.1, 0.15) is 0 Å². The third-order valence-electron chi connectivity index (χ3n) is 2.88. The number of amides is 1. The first-order valence-electron chi connectivity index (χ1n) is 6.37. The van der Waals surface area contributed by atoms with Crippen LogP contribution in [0.1, 0.15) is 38.8 Å². The summed E-state index contributed by atoms with van der Waals surface area (Å²) in [5.74, 6) is 0.0323. The highest BCUT2D eigenvalue weighted by Gasteiger charge is 2.17. The van der Waals surface area contributed by atoms with E-state index in [-0.39, 0.29) is 18.0 Å². The lowest BCUT2D eigenvalue weighted by Gasteiger charge is -2.22. The number of nitrogens with one attached hydrogen (secondary N) is 2. The molecule has 1 amide bonds. The normalized spacial score (nSPS) is 14.0. The van der Waals surface area contributed by atoms with Crippen molar-refractivity contribution in [2.24, 2.45) is 0 Å². The van der Waals surface area contributed by atoms with Crippen LogP contribution < -0.4 is 10.6 Å². The Bertz CT molecular complexity index is 378. The molecule has 0 aliphatic carbocycles. The molecule has 0 aliphatic heterocycles. The number of carbonyl (C=O) groups excluding carboxylic acids is 1. The number of hydrogen-bond acceptors (Lipinski definition) is 2. The molecule has 0 fully saturated rings. The molecule has 1 rings (SSSR count). The van der Waals surface area contributed by atoms with Crippen LogP contribution >= 0.6 is 11.6 Å². The molecule has 2 unspecified atom stereocenters. The van der Waals surface area contributed by atoms with Crippen molar-refractivity contribution in [1.82, 2.24) is 10.6 Å². The fraction of sp³-hybridized carbons (Fsp3) is 0.500. The molecule has 2 atom stereocenters. The van der Waals surface area contributed by atoms with E-state index in [1.165, 1.54) is 0 Å². The smallest absolute Gasteiger partial charge is 0.236 e. The third kappa shape index (κ3) is 4.31. The van der Waals surface area contributed by atoms with Crippen LogP contribution in [0, 0.1) is 0 Å². The van der Waals surface area contributed by atoms with Crippen molar-refractivity contribution in [1.29, 1.82) is 0 Å². The topological polar surface area (TPSA) is 41.1 Å². The van der Waals surface area contributed by atoms with E-state index in [1.807, 2.05) is 38.1 Å². The molecule has 3 nitrogen and oxygen atoms in total. The minimum absolute atomic E-state index is 0.0323. The maximum absolute atomic E-state index is 11.7. The maximum Gasteiger partial charge on any atom is 0.236 e. The number of rotatable bonds is 6. The van der Waals surface area contributed by atoms with Crippen molar-refractivity contribution in [3.8, 4) is 0 Å². The largest absolute Gasteiger partial charge is 0.355 e. The summed E-state index contributed by atoms with van der Waals surface area (Å²) in [6.07, 6.45) is 0.922.